The zero-order chi connectivity index (χ0) is 45.6. The van der Waals surface area contributed by atoms with Crippen LogP contribution in [-0.2, 0) is 38.0 Å². The third-order valence-corrected chi connectivity index (χ3v) is 17.9. The van der Waals surface area contributed by atoms with Crippen LogP contribution in [0.25, 0.3) is 0 Å². The van der Waals surface area contributed by atoms with E-state index in [4.69, 9.17) is 56.4 Å². The zero-order valence-electron chi connectivity index (χ0n) is 36.8. The van der Waals surface area contributed by atoms with Crippen LogP contribution in [0.4, 0.5) is 10.5 Å². The van der Waals surface area contributed by atoms with Crippen molar-refractivity contribution in [2.45, 2.75) is 165 Å². The van der Waals surface area contributed by atoms with Crippen LogP contribution in [0.15, 0.2) is 18.2 Å². The highest BCUT2D eigenvalue weighted by Gasteiger charge is 2.71. The fourth-order valence-electron chi connectivity index (χ4n) is 13.9. The third kappa shape index (κ3) is 8.04. The molecule has 22 atom stereocenters. The summed E-state index contributed by atoms with van der Waals surface area (Å²) in [6, 6.07) is 4.60. The number of hydrogen-bond donors (Lipinski definition) is 7. The van der Waals surface area contributed by atoms with Crippen LogP contribution in [0.3, 0.4) is 0 Å². The molecule has 4 saturated carbocycles. The Morgan fingerprint density at radius 2 is 1.56 bits per heavy atom. The first kappa shape index (κ1) is 47.3. The molecule has 7 N–H and O–H groups in total. The number of nitrogens with one attached hydrogen (secondary N) is 1. The first-order chi connectivity index (χ1) is 30.4. The fraction of sp³-hybridized carbons (Fsp3) is 0.826. The number of ether oxygens (including phenoxy) is 7. The summed E-state index contributed by atoms with van der Waals surface area (Å²) in [6.45, 7) is 8.56. The Bertz CT molecular complexity index is 1870. The van der Waals surface area contributed by atoms with Crippen molar-refractivity contribution in [2.24, 2.45) is 52.3 Å². The summed E-state index contributed by atoms with van der Waals surface area (Å²) in [5.41, 5.74) is -0.263. The van der Waals surface area contributed by atoms with Gasteiger partial charge in [-0.15, -0.1) is 0 Å². The average Bonchev–Trinajstić information content (AvgIpc) is 3.70. The Morgan fingerprint density at radius 1 is 0.859 bits per heavy atom. The maximum atomic E-state index is 14.6. The van der Waals surface area contributed by atoms with E-state index in [-0.39, 0.29) is 68.4 Å². The van der Waals surface area contributed by atoms with Gasteiger partial charge in [0.05, 0.1) is 41.2 Å². The molecule has 0 aromatic heterocycles. The van der Waals surface area contributed by atoms with Crippen LogP contribution in [-0.4, -0.2) is 142 Å². The van der Waals surface area contributed by atoms with Crippen LogP contribution in [0, 0.1) is 52.3 Å². The van der Waals surface area contributed by atoms with E-state index in [0.717, 1.165) is 38.5 Å². The summed E-state index contributed by atoms with van der Waals surface area (Å²) in [5.74, 6) is 1.69. The molecular weight excluding hydrogens is 877 g/mol. The second kappa shape index (κ2) is 18.0. The van der Waals surface area contributed by atoms with Crippen molar-refractivity contribution >= 4 is 40.8 Å². The van der Waals surface area contributed by atoms with Gasteiger partial charge in [-0.25, -0.2) is 4.79 Å². The van der Waals surface area contributed by atoms with Crippen LogP contribution >= 0.6 is 23.2 Å². The zero-order valence-corrected chi connectivity index (χ0v) is 38.3. The number of amides is 1. The van der Waals surface area contributed by atoms with Crippen molar-refractivity contribution < 1.29 is 73.4 Å². The Labute approximate surface area is 383 Å². The van der Waals surface area contributed by atoms with Crippen molar-refractivity contribution in [1.29, 1.82) is 0 Å². The van der Waals surface area contributed by atoms with Crippen molar-refractivity contribution in [2.75, 3.05) is 25.1 Å². The molecule has 0 bridgehead atoms. The molecule has 1 amide bonds. The van der Waals surface area contributed by atoms with E-state index >= 15 is 0 Å². The van der Waals surface area contributed by atoms with E-state index in [9.17, 15) is 40.2 Å². The van der Waals surface area contributed by atoms with Crippen LogP contribution in [0.1, 0.15) is 85.5 Å². The largest absolute Gasteiger partial charge is 0.446 e. The first-order valence-electron chi connectivity index (χ1n) is 23.2. The average molecular weight is 943 g/mol. The molecule has 0 radical (unpaired) electrons. The lowest BCUT2D eigenvalue weighted by atomic mass is 9.44. The lowest BCUT2D eigenvalue weighted by Gasteiger charge is -2.60. The first-order valence-corrected chi connectivity index (χ1v) is 24.0. The van der Waals surface area contributed by atoms with Gasteiger partial charge >= 0.3 is 6.09 Å². The summed E-state index contributed by atoms with van der Waals surface area (Å²) < 4.78 is 42.6. The van der Waals surface area contributed by atoms with Gasteiger partial charge in [0.25, 0.3) is 0 Å². The van der Waals surface area contributed by atoms with Gasteiger partial charge < -0.3 is 63.8 Å². The predicted octanol–water partition coefficient (Wildman–Crippen LogP) is 4.18. The maximum Gasteiger partial charge on any atom is 0.411 e. The minimum atomic E-state index is -1.85. The highest BCUT2D eigenvalue weighted by molar-refractivity contribution is 6.39. The Morgan fingerprint density at radius 3 is 2.27 bits per heavy atom. The number of benzene rings is 1. The van der Waals surface area contributed by atoms with E-state index in [2.05, 4.69) is 33.0 Å². The van der Waals surface area contributed by atoms with E-state index < -0.39 is 86.5 Å². The second-order valence-corrected chi connectivity index (χ2v) is 21.6. The Hall–Kier alpha value is -1.74. The van der Waals surface area contributed by atoms with Gasteiger partial charge in [0.2, 0.25) is 0 Å². The monoisotopic (exact) mass is 941 g/mol. The van der Waals surface area contributed by atoms with E-state index in [1.54, 1.807) is 6.07 Å². The normalized spacial score (nSPS) is 50.0. The maximum absolute atomic E-state index is 14.6. The molecule has 3 unspecified atom stereocenters. The number of para-hydroxylation sites is 1. The SMILES string of the molecule is CC1C2C(C[C@H]3[C@@H]4CC[C@H]5C[C@@H](O[C@@H]6O[C@H](CO)[C@@H](O[C@@H]7O[C@H](COC(=O)Nc8c(Cl)cccc8Cl)[C@@H](O)[C@H](O)[C@H]7O)[C@H](O)[C@H]6O)CC[C@]5(C)[C@H]4C(=O)C[C@]23C)O[C@]12CC[C@@H](C)CO2. The Kier molecular flexibility index (Phi) is 13.3. The number of fused-ring (bicyclic) bond motifs is 7. The van der Waals surface area contributed by atoms with Gasteiger partial charge in [0.1, 0.15) is 61.2 Å². The van der Waals surface area contributed by atoms with E-state index in [1.807, 2.05) is 0 Å². The molecule has 8 fully saturated rings. The van der Waals surface area contributed by atoms with Crippen LogP contribution in [0.5, 0.6) is 0 Å². The van der Waals surface area contributed by atoms with Gasteiger partial charge in [-0.2, -0.15) is 0 Å². The number of aliphatic hydroxyl groups is 6. The lowest BCUT2D eigenvalue weighted by Crippen LogP contribution is -2.65. The van der Waals surface area contributed by atoms with Gasteiger partial charge in [-0.3, -0.25) is 10.1 Å². The van der Waals surface area contributed by atoms with Gasteiger partial charge in [0, 0.05) is 24.7 Å². The van der Waals surface area contributed by atoms with Crippen molar-refractivity contribution in [1.82, 2.24) is 0 Å². The molecule has 358 valence electrons. The van der Waals surface area contributed by atoms with Gasteiger partial charge in [-0.05, 0) is 97.5 Å². The van der Waals surface area contributed by atoms with Crippen molar-refractivity contribution in [3.8, 4) is 0 Å². The van der Waals surface area contributed by atoms with Crippen LogP contribution < -0.4 is 5.32 Å². The molecule has 1 aromatic carbocycles. The highest BCUT2D eigenvalue weighted by Crippen LogP contribution is 2.70. The summed E-state index contributed by atoms with van der Waals surface area (Å²) in [7, 11) is 0. The molecule has 4 aliphatic heterocycles. The summed E-state index contributed by atoms with van der Waals surface area (Å²) in [4.78, 5) is 27.1. The highest BCUT2D eigenvalue weighted by atomic mass is 35.5. The smallest absolute Gasteiger partial charge is 0.411 e. The number of aliphatic hydroxyl groups excluding tert-OH is 6. The molecule has 1 spiro atoms. The minimum Gasteiger partial charge on any atom is -0.446 e. The quantitative estimate of drug-likeness (QED) is 0.181. The molecular formula is C46H65Cl2NO15. The molecule has 9 rings (SSSR count). The second-order valence-electron chi connectivity index (χ2n) is 20.8. The number of carbonyl (C=O) groups excluding carboxylic acids is 2. The van der Waals surface area contributed by atoms with Gasteiger partial charge in [-0.1, -0.05) is 57.0 Å². The third-order valence-electron chi connectivity index (χ3n) is 17.2. The van der Waals surface area contributed by atoms with E-state index in [1.165, 1.54) is 12.1 Å². The van der Waals surface area contributed by atoms with Gasteiger partial charge in [0.15, 0.2) is 18.4 Å². The van der Waals surface area contributed by atoms with E-state index in [0.29, 0.717) is 43.5 Å². The summed E-state index contributed by atoms with van der Waals surface area (Å²) >= 11 is 12.2. The molecule has 8 aliphatic rings. The number of rotatable bonds is 8. The molecule has 4 aliphatic carbocycles. The summed E-state index contributed by atoms with van der Waals surface area (Å²) in [6.07, 6.45) is -9.91. The summed E-state index contributed by atoms with van der Waals surface area (Å²) in [5, 5.41) is 68.0. The topological polar surface area (TPSA) is 232 Å². The number of hydrogen-bond acceptors (Lipinski definition) is 15. The van der Waals surface area contributed by atoms with Crippen molar-refractivity contribution in [3.05, 3.63) is 28.2 Å². The molecule has 4 heterocycles. The molecule has 16 nitrogen and oxygen atoms in total. The number of anilines is 1. The van der Waals surface area contributed by atoms with Crippen LogP contribution in [0.2, 0.25) is 10.0 Å². The molecule has 4 saturated heterocycles. The fourth-order valence-corrected chi connectivity index (χ4v) is 14.4. The molecule has 18 heteroatoms. The standard InChI is InChI=1S/C46H65Cl2NO15/c1-20-10-13-46(59-18-20)21(2)32-29(64-46)15-25-24-9-8-22-14-23(11-12-44(22,3)33(24)28(51)16-45(25,32)4)60-41-39(56)37(54)40(30(17-50)61-41)63-42-38(55)36(53)35(52)31(62-42)19-58-43(57)49-34-26(47)6-5-7-27(34)48/h5-7,20-25,29-33,35-42,50,52-56H,8-19H2,1-4H3,(H,49,57)/t20-,21?,22+,23+,24+,25+,29?,30-,31-,32?,33-,35-,36+,37-,38-,39-,40-,41-,42+,44+,45+,46-/m1/s1. The number of Topliss-reactive ketones (excluding diaryl/α,β-unsaturated/α-hetero) is 1. The number of halogens is 2. The molecule has 1 aromatic rings. The predicted molar refractivity (Wildman–Crippen MR) is 228 cm³/mol. The Balaban J connectivity index is 0.805. The van der Waals surface area contributed by atoms with Crippen molar-refractivity contribution in [3.63, 3.8) is 0 Å². The lowest BCUT2D eigenvalue weighted by molar-refractivity contribution is -0.364. The number of ketones is 1. The molecule has 64 heavy (non-hydrogen) atoms. The number of carbonyl (C=O) groups is 2. The minimum absolute atomic E-state index is 0.0528.